The number of carbonyl (C=O) groups is 2. The van der Waals surface area contributed by atoms with E-state index in [2.05, 4.69) is 20.0 Å². The molecule has 2 aromatic rings. The zero-order valence-electron chi connectivity index (χ0n) is 23.4. The number of anilines is 1. The van der Waals surface area contributed by atoms with Crippen LogP contribution < -0.4 is 16.0 Å². The number of amides is 1. The van der Waals surface area contributed by atoms with Gasteiger partial charge in [-0.15, -0.1) is 12.4 Å². The number of likely N-dealkylation sites (tertiary alicyclic amines) is 1. The van der Waals surface area contributed by atoms with Gasteiger partial charge >= 0.3 is 5.97 Å². The molecule has 9 nitrogen and oxygen atoms in total. The summed E-state index contributed by atoms with van der Waals surface area (Å²) in [6.45, 7) is 8.47. The number of hydrogen-bond acceptors (Lipinski definition) is 7. The van der Waals surface area contributed by atoms with E-state index in [1.54, 1.807) is 0 Å². The number of piperidine rings is 1. The Morgan fingerprint density at radius 2 is 1.73 bits per heavy atom. The van der Waals surface area contributed by atoms with E-state index in [0.717, 1.165) is 68.9 Å². The number of ether oxygens (including phenoxy) is 1. The number of amidine groups is 1. The Morgan fingerprint density at radius 3 is 2.38 bits per heavy atom. The number of esters is 1. The van der Waals surface area contributed by atoms with Crippen LogP contribution in [0.4, 0.5) is 5.69 Å². The molecule has 0 aromatic heterocycles. The first-order valence-corrected chi connectivity index (χ1v) is 14.0. The summed E-state index contributed by atoms with van der Waals surface area (Å²) < 4.78 is 5.19. The van der Waals surface area contributed by atoms with Crippen molar-refractivity contribution < 1.29 is 14.3 Å². The normalized spacial score (nSPS) is 19.9. The molecule has 2 aliphatic rings. The number of nitrogens with two attached hydrogens (primary N) is 1. The minimum atomic E-state index is -0.181. The van der Waals surface area contributed by atoms with Gasteiger partial charge in [-0.3, -0.25) is 24.8 Å². The Hall–Kier alpha value is -3.14. The SMILES string of the molecule is CCOC(=O)CN1CCC(N2CCN(c3ccc(C(=N)N)cc3)CC2)C(CCC(=O)NCc2ccccc2)C1.Cl. The maximum Gasteiger partial charge on any atom is 0.320 e. The van der Waals surface area contributed by atoms with Gasteiger partial charge in [0.05, 0.1) is 13.2 Å². The number of nitrogens with one attached hydrogen (secondary N) is 2. The highest BCUT2D eigenvalue weighted by Crippen LogP contribution is 2.28. The summed E-state index contributed by atoms with van der Waals surface area (Å²) in [6, 6.07) is 18.2. The molecule has 4 N–H and O–H groups in total. The third-order valence-corrected chi connectivity index (χ3v) is 7.84. The van der Waals surface area contributed by atoms with Crippen molar-refractivity contribution in [1.29, 1.82) is 5.41 Å². The first-order valence-electron chi connectivity index (χ1n) is 14.0. The van der Waals surface area contributed by atoms with Crippen LogP contribution in [0.5, 0.6) is 0 Å². The van der Waals surface area contributed by atoms with E-state index in [9.17, 15) is 9.59 Å². The van der Waals surface area contributed by atoms with E-state index in [4.69, 9.17) is 15.9 Å². The van der Waals surface area contributed by atoms with Crippen LogP contribution in [-0.2, 0) is 20.9 Å². The fourth-order valence-electron chi connectivity index (χ4n) is 5.76. The summed E-state index contributed by atoms with van der Waals surface area (Å²) in [4.78, 5) is 32.0. The minimum Gasteiger partial charge on any atom is -0.465 e. The summed E-state index contributed by atoms with van der Waals surface area (Å²) in [7, 11) is 0. The maximum atomic E-state index is 12.7. The average Bonchev–Trinajstić information content (AvgIpc) is 2.96. The predicted octanol–water partition coefficient (Wildman–Crippen LogP) is 2.86. The van der Waals surface area contributed by atoms with Crippen LogP contribution in [0, 0.1) is 11.3 Å². The quantitative estimate of drug-likeness (QED) is 0.216. The molecule has 2 aliphatic heterocycles. The lowest BCUT2D eigenvalue weighted by Gasteiger charge is -2.47. The van der Waals surface area contributed by atoms with Gasteiger partial charge in [-0.1, -0.05) is 30.3 Å². The van der Waals surface area contributed by atoms with Gasteiger partial charge in [0.15, 0.2) is 0 Å². The fourth-order valence-corrected chi connectivity index (χ4v) is 5.76. The fraction of sp³-hybridized carbons (Fsp3) is 0.500. The van der Waals surface area contributed by atoms with Crippen LogP contribution in [0.15, 0.2) is 54.6 Å². The summed E-state index contributed by atoms with van der Waals surface area (Å²) in [6.07, 6.45) is 2.24. The van der Waals surface area contributed by atoms with Gasteiger partial charge in [-0.25, -0.2) is 0 Å². The molecule has 0 radical (unpaired) electrons. The van der Waals surface area contributed by atoms with Crippen LogP contribution in [0.25, 0.3) is 0 Å². The van der Waals surface area contributed by atoms with Crippen molar-refractivity contribution in [2.24, 2.45) is 11.7 Å². The second-order valence-electron chi connectivity index (χ2n) is 10.4. The number of nitrogen functional groups attached to an aromatic ring is 1. The third-order valence-electron chi connectivity index (χ3n) is 7.84. The molecule has 2 fully saturated rings. The third kappa shape index (κ3) is 8.94. The van der Waals surface area contributed by atoms with Gasteiger partial charge in [0.1, 0.15) is 5.84 Å². The van der Waals surface area contributed by atoms with E-state index in [-0.39, 0.29) is 30.1 Å². The molecule has 10 heteroatoms. The zero-order chi connectivity index (χ0) is 27.6. The number of benzene rings is 2. The number of halogens is 1. The van der Waals surface area contributed by atoms with Crippen molar-refractivity contribution >= 4 is 35.8 Å². The molecule has 40 heavy (non-hydrogen) atoms. The van der Waals surface area contributed by atoms with Crippen molar-refractivity contribution in [2.45, 2.75) is 38.8 Å². The summed E-state index contributed by atoms with van der Waals surface area (Å²) in [5, 5.41) is 10.7. The number of rotatable bonds is 11. The second-order valence-corrected chi connectivity index (χ2v) is 10.4. The lowest BCUT2D eigenvalue weighted by Crippen LogP contribution is -2.57. The monoisotopic (exact) mass is 570 g/mol. The molecule has 0 spiro atoms. The molecule has 2 heterocycles. The predicted molar refractivity (Wildman–Crippen MR) is 161 cm³/mol. The summed E-state index contributed by atoms with van der Waals surface area (Å²) >= 11 is 0. The van der Waals surface area contributed by atoms with Gasteiger partial charge < -0.3 is 20.7 Å². The molecule has 2 unspecified atom stereocenters. The molecule has 4 rings (SSSR count). The largest absolute Gasteiger partial charge is 0.465 e. The second kappa shape index (κ2) is 15.6. The first-order chi connectivity index (χ1) is 18.9. The van der Waals surface area contributed by atoms with Crippen molar-refractivity contribution in [3.8, 4) is 0 Å². The topological polar surface area (TPSA) is 115 Å². The van der Waals surface area contributed by atoms with Crippen molar-refractivity contribution in [2.75, 3.05) is 57.3 Å². The Morgan fingerprint density at radius 1 is 1.02 bits per heavy atom. The molecule has 0 saturated carbocycles. The number of carbonyl (C=O) groups excluding carboxylic acids is 2. The van der Waals surface area contributed by atoms with Gasteiger partial charge in [0.25, 0.3) is 0 Å². The molecule has 1 amide bonds. The standard InChI is InChI=1S/C30H42N6O3.ClH/c1-2-39-29(38)22-34-15-14-27(25(21-34)10-13-28(37)33-20-23-6-4-3-5-7-23)36-18-16-35(17-19-36)26-11-8-24(9-12-26)30(31)32;/h3-9,11-12,25,27H,2,10,13-22H2,1H3,(H3,31,32)(H,33,37);1H. The Labute approximate surface area is 243 Å². The molecule has 0 bridgehead atoms. The van der Waals surface area contributed by atoms with E-state index in [0.29, 0.717) is 38.1 Å². The van der Waals surface area contributed by atoms with Crippen LogP contribution in [-0.4, -0.2) is 86.0 Å². The van der Waals surface area contributed by atoms with E-state index in [1.807, 2.05) is 61.5 Å². The summed E-state index contributed by atoms with van der Waals surface area (Å²) in [5.74, 6) is 0.274. The van der Waals surface area contributed by atoms with Crippen molar-refractivity contribution in [1.82, 2.24) is 15.1 Å². The lowest BCUT2D eigenvalue weighted by molar-refractivity contribution is -0.145. The van der Waals surface area contributed by atoms with E-state index < -0.39 is 0 Å². The minimum absolute atomic E-state index is 0. The van der Waals surface area contributed by atoms with Gasteiger partial charge in [0.2, 0.25) is 5.91 Å². The van der Waals surface area contributed by atoms with Crippen LogP contribution in [0.3, 0.4) is 0 Å². The van der Waals surface area contributed by atoms with Crippen molar-refractivity contribution in [3.05, 3.63) is 65.7 Å². The highest BCUT2D eigenvalue weighted by molar-refractivity contribution is 5.95. The van der Waals surface area contributed by atoms with Gasteiger partial charge in [-0.05, 0) is 55.5 Å². The van der Waals surface area contributed by atoms with Gasteiger partial charge in [-0.2, -0.15) is 0 Å². The van der Waals surface area contributed by atoms with Gasteiger partial charge in [0, 0.05) is 69.5 Å². The number of hydrogen-bond donors (Lipinski definition) is 3. The molecule has 2 atom stereocenters. The van der Waals surface area contributed by atoms with Crippen LogP contribution >= 0.6 is 12.4 Å². The lowest BCUT2D eigenvalue weighted by atomic mass is 9.86. The van der Waals surface area contributed by atoms with Crippen molar-refractivity contribution in [3.63, 3.8) is 0 Å². The average molecular weight is 571 g/mol. The Kier molecular flexibility index (Phi) is 12.2. The Balaban J connectivity index is 0.00000441. The molecular formula is C30H43ClN6O3. The summed E-state index contributed by atoms with van der Waals surface area (Å²) in [5.41, 5.74) is 8.58. The molecule has 2 saturated heterocycles. The highest BCUT2D eigenvalue weighted by atomic mass is 35.5. The van der Waals surface area contributed by atoms with Crippen LogP contribution in [0.2, 0.25) is 0 Å². The molecular weight excluding hydrogens is 528 g/mol. The van der Waals surface area contributed by atoms with E-state index >= 15 is 0 Å². The van der Waals surface area contributed by atoms with E-state index in [1.165, 1.54) is 0 Å². The smallest absolute Gasteiger partial charge is 0.320 e. The number of nitrogens with zero attached hydrogens (tertiary/aromatic N) is 3. The molecule has 0 aliphatic carbocycles. The first kappa shape index (κ1) is 31.4. The molecule has 218 valence electrons. The number of piperazine rings is 1. The maximum absolute atomic E-state index is 12.7. The molecule has 2 aromatic carbocycles. The highest BCUT2D eigenvalue weighted by Gasteiger charge is 2.35. The van der Waals surface area contributed by atoms with Crippen LogP contribution in [0.1, 0.15) is 37.3 Å². The Bertz CT molecular complexity index is 1090. The zero-order valence-corrected chi connectivity index (χ0v) is 24.2.